The fourth-order valence-corrected chi connectivity index (χ4v) is 2.78. The van der Waals surface area contributed by atoms with Crippen molar-refractivity contribution in [2.75, 3.05) is 0 Å². The van der Waals surface area contributed by atoms with Crippen LogP contribution in [0.15, 0.2) is 61.1 Å². The van der Waals surface area contributed by atoms with Crippen LogP contribution in [0.3, 0.4) is 0 Å². The molecule has 118 valence electrons. The molecule has 6 heteroatoms. The Balaban J connectivity index is 1.56. The van der Waals surface area contributed by atoms with Crippen molar-refractivity contribution in [3.05, 3.63) is 72.6 Å². The van der Waals surface area contributed by atoms with Gasteiger partial charge < -0.3 is 0 Å². The largest absolute Gasteiger partial charge is 0.252 e. The number of nitrogens with zero attached hydrogens (tertiary/aromatic N) is 6. The lowest BCUT2D eigenvalue weighted by Gasteiger charge is -1.96. The quantitative estimate of drug-likeness (QED) is 0.498. The van der Waals surface area contributed by atoms with Crippen LogP contribution in [0.25, 0.3) is 39.7 Å². The molecule has 0 spiro atoms. The van der Waals surface area contributed by atoms with Gasteiger partial charge in [0, 0.05) is 17.8 Å². The molecular weight excluding hydrogens is 312 g/mol. The first-order valence-electron chi connectivity index (χ1n) is 7.87. The second-order valence-electron chi connectivity index (χ2n) is 5.61. The summed E-state index contributed by atoms with van der Waals surface area (Å²) in [5, 5.41) is 5.51. The summed E-state index contributed by atoms with van der Waals surface area (Å²) in [6.07, 6.45) is 9.09. The zero-order valence-corrected chi connectivity index (χ0v) is 13.1. The minimum Gasteiger partial charge on any atom is -0.252 e. The van der Waals surface area contributed by atoms with E-state index in [9.17, 15) is 0 Å². The molecule has 0 radical (unpaired) electrons. The van der Waals surface area contributed by atoms with Crippen LogP contribution < -0.4 is 0 Å². The lowest BCUT2D eigenvalue weighted by molar-refractivity contribution is 0.957. The van der Waals surface area contributed by atoms with E-state index in [-0.39, 0.29) is 0 Å². The number of fused-ring (bicyclic) bond motifs is 4. The van der Waals surface area contributed by atoms with E-state index < -0.39 is 0 Å². The van der Waals surface area contributed by atoms with Gasteiger partial charge in [-0.15, -0.1) is 5.10 Å². The van der Waals surface area contributed by atoms with E-state index in [1.54, 1.807) is 16.9 Å². The average Bonchev–Trinajstić information content (AvgIpc) is 3.10. The van der Waals surface area contributed by atoms with Crippen LogP contribution >= 0.6 is 0 Å². The van der Waals surface area contributed by atoms with Crippen LogP contribution in [-0.4, -0.2) is 29.5 Å². The highest BCUT2D eigenvalue weighted by molar-refractivity contribution is 5.90. The summed E-state index contributed by atoms with van der Waals surface area (Å²) >= 11 is 0. The third-order valence-corrected chi connectivity index (χ3v) is 3.96. The maximum Gasteiger partial charge on any atom is 0.182 e. The molecule has 5 rings (SSSR count). The van der Waals surface area contributed by atoms with Crippen LogP contribution in [0.1, 0.15) is 11.5 Å². The van der Waals surface area contributed by atoms with Gasteiger partial charge in [-0.3, -0.25) is 9.97 Å². The van der Waals surface area contributed by atoms with E-state index in [2.05, 4.69) is 25.0 Å². The maximum absolute atomic E-state index is 4.57. The number of hydrogen-bond donors (Lipinski definition) is 0. The van der Waals surface area contributed by atoms with Crippen molar-refractivity contribution in [1.82, 2.24) is 29.5 Å². The summed E-state index contributed by atoms with van der Waals surface area (Å²) in [5.41, 5.74) is 4.08. The maximum atomic E-state index is 4.57. The predicted molar refractivity (Wildman–Crippen MR) is 96.8 cm³/mol. The smallest absolute Gasteiger partial charge is 0.182 e. The molecule has 4 heterocycles. The first-order chi connectivity index (χ1) is 12.4. The van der Waals surface area contributed by atoms with Gasteiger partial charge in [0.2, 0.25) is 0 Å². The van der Waals surface area contributed by atoms with Gasteiger partial charge in [0.1, 0.15) is 5.52 Å². The summed E-state index contributed by atoms with van der Waals surface area (Å²) in [4.78, 5) is 18.0. The molecule has 1 aromatic carbocycles. The Morgan fingerprint density at radius 1 is 0.840 bits per heavy atom. The van der Waals surface area contributed by atoms with Crippen molar-refractivity contribution in [3.63, 3.8) is 0 Å². The second-order valence-corrected chi connectivity index (χ2v) is 5.61. The van der Waals surface area contributed by atoms with Crippen LogP contribution in [0.2, 0.25) is 0 Å². The van der Waals surface area contributed by atoms with Crippen LogP contribution in [0.4, 0.5) is 0 Å². The third kappa shape index (κ3) is 2.40. The molecule has 0 aliphatic heterocycles. The number of rotatable bonds is 2. The van der Waals surface area contributed by atoms with E-state index in [4.69, 9.17) is 0 Å². The molecule has 6 nitrogen and oxygen atoms in total. The molecule has 0 saturated heterocycles. The summed E-state index contributed by atoms with van der Waals surface area (Å²) in [5.74, 6) is 0.605. The van der Waals surface area contributed by atoms with Crippen LogP contribution in [0, 0.1) is 0 Å². The number of benzene rings is 1. The van der Waals surface area contributed by atoms with Gasteiger partial charge in [0.15, 0.2) is 11.5 Å². The summed E-state index contributed by atoms with van der Waals surface area (Å²) in [7, 11) is 0. The van der Waals surface area contributed by atoms with Crippen molar-refractivity contribution in [1.29, 1.82) is 0 Å². The van der Waals surface area contributed by atoms with Crippen molar-refractivity contribution in [2.45, 2.75) is 0 Å². The molecule has 0 atom stereocenters. The van der Waals surface area contributed by atoms with Gasteiger partial charge in [0.25, 0.3) is 0 Å². The van der Waals surface area contributed by atoms with E-state index in [1.807, 2.05) is 60.8 Å². The number of para-hydroxylation sites is 2. The number of hydrogen-bond acceptors (Lipinski definition) is 5. The molecule has 0 saturated carbocycles. The van der Waals surface area contributed by atoms with Gasteiger partial charge in [0.05, 0.1) is 22.9 Å². The summed E-state index contributed by atoms with van der Waals surface area (Å²) in [6, 6.07) is 13.7. The molecule has 0 bridgehead atoms. The fourth-order valence-electron chi connectivity index (χ4n) is 2.78. The average molecular weight is 324 g/mol. The lowest BCUT2D eigenvalue weighted by Crippen LogP contribution is -1.89. The van der Waals surface area contributed by atoms with Gasteiger partial charge in [-0.1, -0.05) is 18.2 Å². The normalized spacial score (nSPS) is 11.8. The van der Waals surface area contributed by atoms with Gasteiger partial charge in [-0.05, 0) is 36.4 Å². The highest BCUT2D eigenvalue weighted by Crippen LogP contribution is 2.16. The summed E-state index contributed by atoms with van der Waals surface area (Å²) in [6.45, 7) is 0. The SMILES string of the molecule is C(=Cc1nc2c3ncccc3ccn2n1)c1cnc2ccccc2n1. The van der Waals surface area contributed by atoms with E-state index in [1.165, 1.54) is 0 Å². The van der Waals surface area contributed by atoms with Gasteiger partial charge >= 0.3 is 0 Å². The number of aromatic nitrogens is 6. The van der Waals surface area contributed by atoms with Crippen molar-refractivity contribution < 1.29 is 0 Å². The zero-order valence-electron chi connectivity index (χ0n) is 13.1. The Kier molecular flexibility index (Phi) is 3.00. The van der Waals surface area contributed by atoms with Crippen molar-refractivity contribution >= 4 is 39.7 Å². The Morgan fingerprint density at radius 2 is 1.76 bits per heavy atom. The Morgan fingerprint density at radius 3 is 2.72 bits per heavy atom. The van der Waals surface area contributed by atoms with E-state index in [0.29, 0.717) is 5.82 Å². The van der Waals surface area contributed by atoms with E-state index in [0.717, 1.165) is 33.3 Å². The molecule has 0 N–H and O–H groups in total. The highest BCUT2D eigenvalue weighted by atomic mass is 15.3. The highest BCUT2D eigenvalue weighted by Gasteiger charge is 2.06. The second kappa shape index (κ2) is 5.45. The summed E-state index contributed by atoms with van der Waals surface area (Å²) < 4.78 is 1.74. The van der Waals surface area contributed by atoms with Crippen molar-refractivity contribution in [3.8, 4) is 0 Å². The standard InChI is InChI=1S/C19H12N6/c1-2-6-16-15(5-1)21-12-14(22-16)7-8-17-23-19-18-13(4-3-10-20-18)9-11-25(19)24-17/h1-12H. The third-order valence-electron chi connectivity index (χ3n) is 3.96. The molecule has 0 fully saturated rings. The van der Waals surface area contributed by atoms with E-state index >= 15 is 0 Å². The first kappa shape index (κ1) is 13.7. The van der Waals surface area contributed by atoms with Crippen LogP contribution in [0.5, 0.6) is 0 Å². The minimum absolute atomic E-state index is 0.605. The lowest BCUT2D eigenvalue weighted by atomic mass is 10.2. The molecule has 25 heavy (non-hydrogen) atoms. The topological polar surface area (TPSA) is 68.9 Å². The number of pyridine rings is 2. The molecule has 0 unspecified atom stereocenters. The molecule has 4 aromatic heterocycles. The van der Waals surface area contributed by atoms with Crippen LogP contribution in [-0.2, 0) is 0 Å². The molecule has 5 aromatic rings. The van der Waals surface area contributed by atoms with Gasteiger partial charge in [-0.2, -0.15) is 0 Å². The first-order valence-corrected chi connectivity index (χ1v) is 7.87. The molecule has 0 amide bonds. The molecular formula is C19H12N6. The predicted octanol–water partition coefficient (Wildman–Crippen LogP) is 3.39. The minimum atomic E-state index is 0.605. The Hall–Kier alpha value is -3.67. The molecule has 0 aliphatic carbocycles. The van der Waals surface area contributed by atoms with Gasteiger partial charge in [-0.25, -0.2) is 14.5 Å². The van der Waals surface area contributed by atoms with Crippen molar-refractivity contribution in [2.24, 2.45) is 0 Å². The fraction of sp³-hybridized carbons (Fsp3) is 0. The zero-order chi connectivity index (χ0) is 16.6. The monoisotopic (exact) mass is 324 g/mol. The Labute approximate surface area is 142 Å². The Bertz CT molecular complexity index is 1250. The molecule has 0 aliphatic rings.